The van der Waals surface area contributed by atoms with Crippen LogP contribution in [0, 0.1) is 6.92 Å². The second-order valence-electron chi connectivity index (χ2n) is 7.47. The van der Waals surface area contributed by atoms with E-state index < -0.39 is 0 Å². The maximum absolute atomic E-state index is 12.7. The summed E-state index contributed by atoms with van der Waals surface area (Å²) in [6.45, 7) is 3.37. The monoisotopic (exact) mass is 349 g/mol. The van der Waals surface area contributed by atoms with Crippen LogP contribution in [-0.4, -0.2) is 40.3 Å². The zero-order chi connectivity index (χ0) is 18.1. The van der Waals surface area contributed by atoms with Crippen LogP contribution in [0.5, 0.6) is 0 Å². The van der Waals surface area contributed by atoms with Crippen LogP contribution < -0.4 is 5.32 Å². The van der Waals surface area contributed by atoms with E-state index in [1.165, 1.54) is 0 Å². The van der Waals surface area contributed by atoms with Crippen LogP contribution in [-0.2, 0) is 4.79 Å². The maximum Gasteiger partial charge on any atom is 0.253 e. The summed E-state index contributed by atoms with van der Waals surface area (Å²) in [4.78, 5) is 31.1. The van der Waals surface area contributed by atoms with Crippen LogP contribution in [0.25, 0.3) is 0 Å². The molecule has 2 aliphatic rings. The van der Waals surface area contributed by atoms with Crippen LogP contribution in [0.1, 0.15) is 46.7 Å². The summed E-state index contributed by atoms with van der Waals surface area (Å²) >= 11 is 0. The molecule has 5 nitrogen and oxygen atoms in total. The summed E-state index contributed by atoms with van der Waals surface area (Å²) in [7, 11) is 0. The minimum Gasteiger partial charge on any atom is -0.350 e. The molecule has 1 atom stereocenters. The Morgan fingerprint density at radius 2 is 1.77 bits per heavy atom. The van der Waals surface area contributed by atoms with Crippen molar-refractivity contribution in [1.29, 1.82) is 0 Å². The van der Waals surface area contributed by atoms with E-state index in [9.17, 15) is 9.59 Å². The fraction of sp³-hybridized carbons (Fsp3) is 0.381. The summed E-state index contributed by atoms with van der Waals surface area (Å²) < 4.78 is 0. The maximum atomic E-state index is 12.7. The van der Waals surface area contributed by atoms with Crippen LogP contribution >= 0.6 is 0 Å². The van der Waals surface area contributed by atoms with E-state index in [2.05, 4.69) is 10.3 Å². The minimum atomic E-state index is -0.185. The molecule has 2 aromatic rings. The molecule has 26 heavy (non-hydrogen) atoms. The Bertz CT molecular complexity index is 809. The lowest BCUT2D eigenvalue weighted by atomic mass is 9.82. The lowest BCUT2D eigenvalue weighted by Gasteiger charge is -2.39. The summed E-state index contributed by atoms with van der Waals surface area (Å²) in [5, 5.41) is 3.23. The van der Waals surface area contributed by atoms with Gasteiger partial charge in [-0.3, -0.25) is 14.6 Å². The standard InChI is InChI=1S/C21H23N3O2/c1-15-2-4-17(5-3-15)20(26)24-12-8-21(9-13-24)14-18(19(25)23-21)16-6-10-22-11-7-16/h2-7,10-11,18H,8-9,12-14H2,1H3,(H,23,25)/t18-/m0/s1. The first-order valence-corrected chi connectivity index (χ1v) is 9.14. The summed E-state index contributed by atoms with van der Waals surface area (Å²) in [5.41, 5.74) is 2.72. The number of hydrogen-bond acceptors (Lipinski definition) is 3. The van der Waals surface area contributed by atoms with Crippen LogP contribution in [0.4, 0.5) is 0 Å². The molecule has 1 N–H and O–H groups in total. The number of aryl methyl sites for hydroxylation is 1. The largest absolute Gasteiger partial charge is 0.350 e. The number of rotatable bonds is 2. The van der Waals surface area contributed by atoms with Gasteiger partial charge in [-0.25, -0.2) is 0 Å². The first-order chi connectivity index (χ1) is 12.6. The predicted molar refractivity (Wildman–Crippen MR) is 98.8 cm³/mol. The number of carbonyl (C=O) groups is 2. The molecule has 2 fully saturated rings. The van der Waals surface area contributed by atoms with Gasteiger partial charge in [0.05, 0.1) is 5.92 Å². The van der Waals surface area contributed by atoms with Gasteiger partial charge in [0.15, 0.2) is 0 Å². The number of aromatic nitrogens is 1. The third-order valence-corrected chi connectivity index (χ3v) is 5.71. The topological polar surface area (TPSA) is 62.3 Å². The first-order valence-electron chi connectivity index (χ1n) is 9.14. The molecular weight excluding hydrogens is 326 g/mol. The molecule has 1 aromatic carbocycles. The number of nitrogens with zero attached hydrogens (tertiary/aromatic N) is 2. The molecule has 3 heterocycles. The molecule has 2 amide bonds. The Morgan fingerprint density at radius 1 is 1.12 bits per heavy atom. The quantitative estimate of drug-likeness (QED) is 0.907. The van der Waals surface area contributed by atoms with E-state index >= 15 is 0 Å². The molecule has 1 aromatic heterocycles. The van der Waals surface area contributed by atoms with Gasteiger partial charge in [-0.2, -0.15) is 0 Å². The Balaban J connectivity index is 1.43. The molecule has 0 unspecified atom stereocenters. The Labute approximate surface area is 153 Å². The minimum absolute atomic E-state index is 0.0786. The summed E-state index contributed by atoms with van der Waals surface area (Å²) in [6.07, 6.45) is 5.87. The van der Waals surface area contributed by atoms with E-state index in [-0.39, 0.29) is 23.3 Å². The third-order valence-electron chi connectivity index (χ3n) is 5.71. The van der Waals surface area contributed by atoms with Gasteiger partial charge in [0.1, 0.15) is 0 Å². The smallest absolute Gasteiger partial charge is 0.253 e. The van der Waals surface area contributed by atoms with E-state index in [1.807, 2.05) is 48.2 Å². The van der Waals surface area contributed by atoms with E-state index in [0.717, 1.165) is 36.0 Å². The van der Waals surface area contributed by atoms with Crippen molar-refractivity contribution < 1.29 is 9.59 Å². The highest BCUT2D eigenvalue weighted by molar-refractivity contribution is 5.94. The van der Waals surface area contributed by atoms with Crippen molar-refractivity contribution in [2.24, 2.45) is 0 Å². The van der Waals surface area contributed by atoms with Crippen LogP contribution in [0.15, 0.2) is 48.8 Å². The highest BCUT2D eigenvalue weighted by Crippen LogP contribution is 2.39. The van der Waals surface area contributed by atoms with Crippen molar-refractivity contribution in [3.8, 4) is 0 Å². The average molecular weight is 349 g/mol. The van der Waals surface area contributed by atoms with Gasteiger partial charge in [-0.1, -0.05) is 17.7 Å². The molecule has 0 aliphatic carbocycles. The molecule has 5 heteroatoms. The number of nitrogens with one attached hydrogen (secondary N) is 1. The van der Waals surface area contributed by atoms with Gasteiger partial charge in [0.25, 0.3) is 5.91 Å². The van der Waals surface area contributed by atoms with Gasteiger partial charge >= 0.3 is 0 Å². The molecule has 2 saturated heterocycles. The Kier molecular flexibility index (Phi) is 4.23. The fourth-order valence-corrected chi connectivity index (χ4v) is 4.09. The number of likely N-dealkylation sites (tertiary alicyclic amines) is 1. The predicted octanol–water partition coefficient (Wildman–Crippen LogP) is 2.67. The molecule has 0 saturated carbocycles. The van der Waals surface area contributed by atoms with Crippen LogP contribution in [0.3, 0.4) is 0 Å². The number of piperidine rings is 1. The van der Waals surface area contributed by atoms with Gasteiger partial charge in [0.2, 0.25) is 5.91 Å². The first kappa shape index (κ1) is 16.8. The second-order valence-corrected chi connectivity index (χ2v) is 7.47. The molecule has 134 valence electrons. The lowest BCUT2D eigenvalue weighted by molar-refractivity contribution is -0.121. The molecule has 4 rings (SSSR count). The van der Waals surface area contributed by atoms with Gasteiger partial charge < -0.3 is 10.2 Å². The molecule has 0 bridgehead atoms. The number of carbonyl (C=O) groups excluding carboxylic acids is 2. The summed E-state index contributed by atoms with van der Waals surface area (Å²) in [5.74, 6) is 0.0571. The van der Waals surface area contributed by atoms with Crippen LogP contribution in [0.2, 0.25) is 0 Å². The van der Waals surface area contributed by atoms with Crippen molar-refractivity contribution in [1.82, 2.24) is 15.2 Å². The van der Waals surface area contributed by atoms with Crippen molar-refractivity contribution >= 4 is 11.8 Å². The number of benzene rings is 1. The average Bonchev–Trinajstić information content (AvgIpc) is 2.99. The third kappa shape index (κ3) is 3.09. The van der Waals surface area contributed by atoms with Gasteiger partial charge in [-0.05, 0) is 56.0 Å². The van der Waals surface area contributed by atoms with Crippen molar-refractivity contribution in [2.75, 3.05) is 13.1 Å². The fourth-order valence-electron chi connectivity index (χ4n) is 4.09. The lowest BCUT2D eigenvalue weighted by Crippen LogP contribution is -2.52. The molecular formula is C21H23N3O2. The second kappa shape index (κ2) is 6.56. The normalized spacial score (nSPS) is 21.7. The highest BCUT2D eigenvalue weighted by atomic mass is 16.2. The van der Waals surface area contributed by atoms with E-state index in [4.69, 9.17) is 0 Å². The van der Waals surface area contributed by atoms with Crippen molar-refractivity contribution in [2.45, 2.75) is 37.6 Å². The highest BCUT2D eigenvalue weighted by Gasteiger charge is 2.46. The van der Waals surface area contributed by atoms with Gasteiger partial charge in [0, 0.05) is 36.6 Å². The van der Waals surface area contributed by atoms with Crippen molar-refractivity contribution in [3.63, 3.8) is 0 Å². The summed E-state index contributed by atoms with van der Waals surface area (Å²) in [6, 6.07) is 11.5. The zero-order valence-electron chi connectivity index (χ0n) is 14.9. The molecule has 1 spiro atoms. The Hall–Kier alpha value is -2.69. The SMILES string of the molecule is Cc1ccc(C(=O)N2CCC3(CC2)C[C@@H](c2ccncc2)C(=O)N3)cc1. The molecule has 0 radical (unpaired) electrons. The van der Waals surface area contributed by atoms with Gasteiger partial charge in [-0.15, -0.1) is 0 Å². The Morgan fingerprint density at radius 3 is 2.42 bits per heavy atom. The zero-order valence-corrected chi connectivity index (χ0v) is 14.9. The van der Waals surface area contributed by atoms with E-state index in [0.29, 0.717) is 13.1 Å². The number of pyridine rings is 1. The van der Waals surface area contributed by atoms with Crippen molar-refractivity contribution in [3.05, 3.63) is 65.5 Å². The number of hydrogen-bond donors (Lipinski definition) is 1. The molecule has 2 aliphatic heterocycles. The number of amides is 2. The van der Waals surface area contributed by atoms with E-state index in [1.54, 1.807) is 12.4 Å².